The van der Waals surface area contributed by atoms with Gasteiger partial charge in [-0.1, -0.05) is 18.1 Å². The summed E-state index contributed by atoms with van der Waals surface area (Å²) in [4.78, 5) is 6.62. The topological polar surface area (TPSA) is 68.2 Å². The van der Waals surface area contributed by atoms with Crippen LogP contribution in [-0.2, 0) is 6.54 Å². The molecule has 0 radical (unpaired) electrons. The summed E-state index contributed by atoms with van der Waals surface area (Å²) in [5.41, 5.74) is 8.19. The van der Waals surface area contributed by atoms with E-state index in [1.165, 1.54) is 0 Å². The molecule has 0 amide bonds. The summed E-state index contributed by atoms with van der Waals surface area (Å²) in [6.45, 7) is 4.67. The Kier molecular flexibility index (Phi) is 4.87. The molecule has 2 aromatic rings. The van der Waals surface area contributed by atoms with Gasteiger partial charge in [0.25, 0.3) is 0 Å². The van der Waals surface area contributed by atoms with Gasteiger partial charge in [0, 0.05) is 24.8 Å². The molecule has 2 N–H and O–H groups in total. The molecule has 0 saturated carbocycles. The Morgan fingerprint density at radius 3 is 2.75 bits per heavy atom. The van der Waals surface area contributed by atoms with E-state index in [9.17, 15) is 0 Å². The molecule has 0 aliphatic rings. The van der Waals surface area contributed by atoms with Crippen LogP contribution in [-0.4, -0.2) is 28.1 Å². The Morgan fingerprint density at radius 2 is 2.20 bits per heavy atom. The third-order valence-electron chi connectivity index (χ3n) is 3.43. The number of nitrogens with two attached hydrogens (primary N) is 1. The van der Waals surface area contributed by atoms with Gasteiger partial charge in [-0.3, -0.25) is 9.88 Å². The average molecular weight is 274 g/mol. The van der Waals surface area contributed by atoms with E-state index < -0.39 is 0 Å². The Labute approximate surface area is 119 Å². The minimum Gasteiger partial charge on any atom is -0.361 e. The van der Waals surface area contributed by atoms with Crippen molar-refractivity contribution in [3.05, 3.63) is 47.6 Å². The number of nitrogens with zero attached hydrogens (tertiary/aromatic N) is 3. The van der Waals surface area contributed by atoms with Gasteiger partial charge in [0.1, 0.15) is 5.76 Å². The van der Waals surface area contributed by atoms with Crippen LogP contribution in [0.4, 0.5) is 0 Å². The van der Waals surface area contributed by atoms with E-state index >= 15 is 0 Å². The summed E-state index contributed by atoms with van der Waals surface area (Å²) < 4.78 is 5.11. The number of likely N-dealkylation sites (N-methyl/N-ethyl adjacent to an activating group) is 1. The van der Waals surface area contributed by atoms with Crippen LogP contribution in [0.1, 0.15) is 36.5 Å². The van der Waals surface area contributed by atoms with Crippen molar-refractivity contribution < 1.29 is 4.52 Å². The van der Waals surface area contributed by atoms with Crippen LogP contribution in [0.5, 0.6) is 0 Å². The molecule has 2 heterocycles. The number of rotatable bonds is 6. The predicted molar refractivity (Wildman–Crippen MR) is 78.0 cm³/mol. The molecule has 0 fully saturated rings. The van der Waals surface area contributed by atoms with Crippen molar-refractivity contribution >= 4 is 0 Å². The van der Waals surface area contributed by atoms with Crippen LogP contribution in [0.15, 0.2) is 35.0 Å². The molecular weight excluding hydrogens is 252 g/mol. The molecule has 5 nitrogen and oxygen atoms in total. The fourth-order valence-electron chi connectivity index (χ4n) is 2.39. The van der Waals surface area contributed by atoms with Gasteiger partial charge in [-0.2, -0.15) is 0 Å². The standard InChI is InChI=1S/C15H22N4O/c1-4-13(16)15(14-7-5-6-8-17-14)19(3)10-12-9-11(2)20-18-12/h5-9,13,15H,4,10,16H2,1-3H3. The fraction of sp³-hybridized carbons (Fsp3) is 0.467. The van der Waals surface area contributed by atoms with E-state index in [1.54, 1.807) is 6.20 Å². The SMILES string of the molecule is CCC(N)C(c1ccccn1)N(C)Cc1cc(C)on1. The first kappa shape index (κ1) is 14.7. The highest BCUT2D eigenvalue weighted by atomic mass is 16.5. The van der Waals surface area contributed by atoms with E-state index in [4.69, 9.17) is 10.3 Å². The van der Waals surface area contributed by atoms with Crippen molar-refractivity contribution in [2.45, 2.75) is 38.9 Å². The van der Waals surface area contributed by atoms with Gasteiger partial charge in [0.15, 0.2) is 0 Å². The van der Waals surface area contributed by atoms with E-state index in [-0.39, 0.29) is 12.1 Å². The molecule has 0 aliphatic heterocycles. The number of aromatic nitrogens is 2. The lowest BCUT2D eigenvalue weighted by Gasteiger charge is -2.31. The first-order chi connectivity index (χ1) is 9.61. The zero-order chi connectivity index (χ0) is 14.5. The van der Waals surface area contributed by atoms with Crippen LogP contribution in [0.2, 0.25) is 0 Å². The maximum atomic E-state index is 6.28. The molecule has 0 bridgehead atoms. The van der Waals surface area contributed by atoms with Gasteiger partial charge < -0.3 is 10.3 Å². The van der Waals surface area contributed by atoms with Gasteiger partial charge in [-0.25, -0.2) is 0 Å². The number of hydrogen-bond acceptors (Lipinski definition) is 5. The summed E-state index contributed by atoms with van der Waals surface area (Å²) in [5.74, 6) is 0.822. The fourth-order valence-corrected chi connectivity index (χ4v) is 2.39. The molecule has 0 spiro atoms. The smallest absolute Gasteiger partial charge is 0.133 e. The third kappa shape index (κ3) is 3.43. The monoisotopic (exact) mass is 274 g/mol. The van der Waals surface area contributed by atoms with Crippen LogP contribution in [0.3, 0.4) is 0 Å². The first-order valence-electron chi connectivity index (χ1n) is 6.90. The highest BCUT2D eigenvalue weighted by molar-refractivity contribution is 5.12. The highest BCUT2D eigenvalue weighted by Crippen LogP contribution is 2.23. The molecule has 108 valence electrons. The Balaban J connectivity index is 2.18. The minimum absolute atomic E-state index is 0.0305. The lowest BCUT2D eigenvalue weighted by Crippen LogP contribution is -2.39. The van der Waals surface area contributed by atoms with Gasteiger partial charge >= 0.3 is 0 Å². The quantitative estimate of drug-likeness (QED) is 0.875. The average Bonchev–Trinajstić information content (AvgIpc) is 2.85. The second-order valence-electron chi connectivity index (χ2n) is 5.12. The molecule has 5 heteroatoms. The van der Waals surface area contributed by atoms with Crippen molar-refractivity contribution in [1.29, 1.82) is 0 Å². The van der Waals surface area contributed by atoms with E-state index in [0.29, 0.717) is 6.54 Å². The van der Waals surface area contributed by atoms with Crippen molar-refractivity contribution in [3.8, 4) is 0 Å². The van der Waals surface area contributed by atoms with Crippen molar-refractivity contribution in [3.63, 3.8) is 0 Å². The van der Waals surface area contributed by atoms with Gasteiger partial charge in [0.05, 0.1) is 17.4 Å². The minimum atomic E-state index is 0.0305. The lowest BCUT2D eigenvalue weighted by molar-refractivity contribution is 0.192. The number of hydrogen-bond donors (Lipinski definition) is 1. The molecule has 2 unspecified atom stereocenters. The first-order valence-corrected chi connectivity index (χ1v) is 6.90. The number of pyridine rings is 1. The summed E-state index contributed by atoms with van der Waals surface area (Å²) in [7, 11) is 2.04. The Hall–Kier alpha value is -1.72. The third-order valence-corrected chi connectivity index (χ3v) is 3.43. The Morgan fingerprint density at radius 1 is 1.40 bits per heavy atom. The molecule has 2 rings (SSSR count). The van der Waals surface area contributed by atoms with Crippen molar-refractivity contribution in [1.82, 2.24) is 15.0 Å². The van der Waals surface area contributed by atoms with Crippen molar-refractivity contribution in [2.75, 3.05) is 7.05 Å². The Bertz CT molecular complexity index is 526. The summed E-state index contributed by atoms with van der Waals surface area (Å²) >= 11 is 0. The summed E-state index contributed by atoms with van der Waals surface area (Å²) in [6.07, 6.45) is 2.70. The second-order valence-corrected chi connectivity index (χ2v) is 5.12. The van der Waals surface area contributed by atoms with Crippen LogP contribution < -0.4 is 5.73 Å². The van der Waals surface area contributed by atoms with Crippen LogP contribution >= 0.6 is 0 Å². The molecule has 0 aliphatic carbocycles. The molecule has 0 aromatic carbocycles. The van der Waals surface area contributed by atoms with E-state index in [1.807, 2.05) is 38.2 Å². The van der Waals surface area contributed by atoms with Gasteiger partial charge in [-0.15, -0.1) is 0 Å². The number of aryl methyl sites for hydroxylation is 1. The summed E-state index contributed by atoms with van der Waals surface area (Å²) in [6, 6.07) is 7.97. The lowest BCUT2D eigenvalue weighted by atomic mass is 10.0. The molecule has 2 aromatic heterocycles. The van der Waals surface area contributed by atoms with Gasteiger partial charge in [0.2, 0.25) is 0 Å². The van der Waals surface area contributed by atoms with Crippen LogP contribution in [0, 0.1) is 6.92 Å². The van der Waals surface area contributed by atoms with Crippen LogP contribution in [0.25, 0.3) is 0 Å². The molecule has 2 atom stereocenters. The molecular formula is C15H22N4O. The second kappa shape index (κ2) is 6.63. The zero-order valence-electron chi connectivity index (χ0n) is 12.3. The maximum Gasteiger partial charge on any atom is 0.133 e. The largest absolute Gasteiger partial charge is 0.361 e. The molecule has 20 heavy (non-hydrogen) atoms. The maximum absolute atomic E-state index is 6.28. The van der Waals surface area contributed by atoms with E-state index in [2.05, 4.69) is 22.0 Å². The van der Waals surface area contributed by atoms with Crippen molar-refractivity contribution in [2.24, 2.45) is 5.73 Å². The normalized spacial score (nSPS) is 14.4. The molecule has 0 saturated heterocycles. The zero-order valence-corrected chi connectivity index (χ0v) is 12.3. The predicted octanol–water partition coefficient (Wildman–Crippen LogP) is 2.29. The van der Waals surface area contributed by atoms with Gasteiger partial charge in [-0.05, 0) is 32.5 Å². The summed E-state index contributed by atoms with van der Waals surface area (Å²) in [5, 5.41) is 4.04. The highest BCUT2D eigenvalue weighted by Gasteiger charge is 2.24. The van der Waals surface area contributed by atoms with E-state index in [0.717, 1.165) is 23.6 Å².